The molecule has 0 aromatic rings. The molecule has 0 saturated carbocycles. The van der Waals surface area contributed by atoms with Crippen LogP contribution in [-0.4, -0.2) is 75.5 Å². The van der Waals surface area contributed by atoms with E-state index >= 15 is 0 Å². The quantitative estimate of drug-likeness (QED) is 0.366. The predicted molar refractivity (Wildman–Crippen MR) is 100 cm³/mol. The summed E-state index contributed by atoms with van der Waals surface area (Å²) < 4.78 is 0. The third kappa shape index (κ3) is 7.29. The van der Waals surface area contributed by atoms with Crippen molar-refractivity contribution < 1.29 is 9.59 Å². The highest BCUT2D eigenvalue weighted by Crippen LogP contribution is 2.15. The van der Waals surface area contributed by atoms with Gasteiger partial charge in [-0.2, -0.15) is 0 Å². The van der Waals surface area contributed by atoms with Crippen LogP contribution < -0.4 is 21.3 Å². The van der Waals surface area contributed by atoms with Crippen molar-refractivity contribution in [3.8, 4) is 0 Å². The van der Waals surface area contributed by atoms with Gasteiger partial charge in [-0.3, -0.25) is 19.5 Å². The Morgan fingerprint density at radius 3 is 2.32 bits per heavy atom. The van der Waals surface area contributed by atoms with E-state index in [0.717, 1.165) is 38.4 Å². The molecule has 8 nitrogen and oxygen atoms in total. The molecule has 1 aliphatic rings. The first kappa shape index (κ1) is 21.2. The largest absolute Gasteiger partial charge is 0.359 e. The van der Waals surface area contributed by atoms with Gasteiger partial charge in [0, 0.05) is 39.8 Å². The van der Waals surface area contributed by atoms with Gasteiger partial charge in [0.25, 0.3) is 0 Å². The summed E-state index contributed by atoms with van der Waals surface area (Å²) in [6.07, 6.45) is 1.92. The van der Waals surface area contributed by atoms with Crippen molar-refractivity contribution in [2.75, 3.05) is 46.8 Å². The molecular formula is C17H34N6O2. The van der Waals surface area contributed by atoms with E-state index in [1.807, 2.05) is 20.8 Å². The molecule has 0 aromatic heterocycles. The van der Waals surface area contributed by atoms with Gasteiger partial charge < -0.3 is 21.3 Å². The second kappa shape index (κ2) is 10.2. The third-order valence-corrected chi connectivity index (χ3v) is 4.39. The molecule has 1 rings (SSSR count). The number of amides is 2. The fourth-order valence-corrected chi connectivity index (χ4v) is 2.72. The summed E-state index contributed by atoms with van der Waals surface area (Å²) in [4.78, 5) is 30.1. The van der Waals surface area contributed by atoms with E-state index in [4.69, 9.17) is 0 Å². The molecule has 0 aromatic carbocycles. The Morgan fingerprint density at radius 1 is 1.16 bits per heavy atom. The monoisotopic (exact) mass is 354 g/mol. The van der Waals surface area contributed by atoms with Crippen LogP contribution in [-0.2, 0) is 9.59 Å². The Labute approximate surface area is 151 Å². The Hall–Kier alpha value is -1.83. The highest BCUT2D eigenvalue weighted by Gasteiger charge is 2.27. The summed E-state index contributed by atoms with van der Waals surface area (Å²) in [6.45, 7) is 9.19. The lowest BCUT2D eigenvalue weighted by Gasteiger charge is -2.32. The van der Waals surface area contributed by atoms with Gasteiger partial charge in [0.2, 0.25) is 11.8 Å². The molecule has 0 bridgehead atoms. The summed E-state index contributed by atoms with van der Waals surface area (Å²) in [7, 11) is 3.31. The van der Waals surface area contributed by atoms with Crippen LogP contribution in [0.25, 0.3) is 0 Å². The van der Waals surface area contributed by atoms with Crippen LogP contribution in [0, 0.1) is 5.41 Å². The molecule has 144 valence electrons. The van der Waals surface area contributed by atoms with E-state index in [1.54, 1.807) is 14.1 Å². The van der Waals surface area contributed by atoms with Gasteiger partial charge in [-0.15, -0.1) is 0 Å². The summed E-state index contributed by atoms with van der Waals surface area (Å²) in [5.41, 5.74) is -0.548. The Balaban J connectivity index is 2.54. The standard InChI is InChI=1S/C17H34N6O2/c1-6-20-16(21-12-17(2,3)15(25)19-5)22-13-7-9-23(10-8-13)11-14(24)18-4/h13H,6-12H2,1-5H3,(H,18,24)(H,19,25)(H2,20,21,22). The smallest absolute Gasteiger partial charge is 0.233 e. The first-order chi connectivity index (χ1) is 11.8. The number of likely N-dealkylation sites (tertiary alicyclic amines) is 1. The molecule has 2 amide bonds. The van der Waals surface area contributed by atoms with Gasteiger partial charge in [0.05, 0.1) is 18.5 Å². The lowest BCUT2D eigenvalue weighted by molar-refractivity contribution is -0.128. The molecule has 1 aliphatic heterocycles. The van der Waals surface area contributed by atoms with Crippen molar-refractivity contribution in [2.24, 2.45) is 10.4 Å². The summed E-state index contributed by atoms with van der Waals surface area (Å²) >= 11 is 0. The lowest BCUT2D eigenvalue weighted by atomic mass is 9.93. The van der Waals surface area contributed by atoms with Gasteiger partial charge >= 0.3 is 0 Å². The minimum absolute atomic E-state index is 0.0189. The maximum Gasteiger partial charge on any atom is 0.233 e. The van der Waals surface area contributed by atoms with E-state index in [9.17, 15) is 9.59 Å². The van der Waals surface area contributed by atoms with Gasteiger partial charge in [0.1, 0.15) is 0 Å². The molecule has 0 unspecified atom stereocenters. The van der Waals surface area contributed by atoms with Crippen LogP contribution in [0.5, 0.6) is 0 Å². The zero-order chi connectivity index (χ0) is 18.9. The van der Waals surface area contributed by atoms with Crippen LogP contribution in [0.2, 0.25) is 0 Å². The molecule has 1 fully saturated rings. The zero-order valence-corrected chi connectivity index (χ0v) is 16.2. The minimum Gasteiger partial charge on any atom is -0.359 e. The van der Waals surface area contributed by atoms with E-state index in [-0.39, 0.29) is 11.8 Å². The van der Waals surface area contributed by atoms with Crippen molar-refractivity contribution in [1.82, 2.24) is 26.2 Å². The molecular weight excluding hydrogens is 320 g/mol. The first-order valence-corrected chi connectivity index (χ1v) is 9.02. The maximum atomic E-state index is 11.9. The fraction of sp³-hybridized carbons (Fsp3) is 0.824. The number of rotatable bonds is 7. The summed E-state index contributed by atoms with van der Waals surface area (Å²) in [5, 5.41) is 12.0. The SMILES string of the molecule is CCNC(=NCC(C)(C)C(=O)NC)NC1CCN(CC(=O)NC)CC1. The molecule has 0 radical (unpaired) electrons. The number of hydrogen-bond acceptors (Lipinski definition) is 4. The first-order valence-electron chi connectivity index (χ1n) is 9.02. The molecule has 8 heteroatoms. The molecule has 4 N–H and O–H groups in total. The number of aliphatic imine (C=N–C) groups is 1. The highest BCUT2D eigenvalue weighted by molar-refractivity contribution is 5.83. The molecule has 1 saturated heterocycles. The molecule has 25 heavy (non-hydrogen) atoms. The lowest BCUT2D eigenvalue weighted by Crippen LogP contribution is -2.50. The van der Waals surface area contributed by atoms with Crippen molar-refractivity contribution in [3.63, 3.8) is 0 Å². The normalized spacial score (nSPS) is 17.1. The average molecular weight is 354 g/mol. The van der Waals surface area contributed by atoms with Gasteiger partial charge in [0.15, 0.2) is 5.96 Å². The predicted octanol–water partition coefficient (Wildman–Crippen LogP) is -0.476. The van der Waals surface area contributed by atoms with Gasteiger partial charge in [-0.25, -0.2) is 0 Å². The number of nitrogens with zero attached hydrogens (tertiary/aromatic N) is 2. The van der Waals surface area contributed by atoms with E-state index in [2.05, 4.69) is 31.2 Å². The van der Waals surface area contributed by atoms with Crippen molar-refractivity contribution in [2.45, 2.75) is 39.7 Å². The van der Waals surface area contributed by atoms with E-state index in [1.165, 1.54) is 0 Å². The third-order valence-electron chi connectivity index (χ3n) is 4.39. The topological polar surface area (TPSA) is 97.9 Å². The number of guanidine groups is 1. The number of piperidine rings is 1. The molecule has 0 atom stereocenters. The maximum absolute atomic E-state index is 11.9. The number of likely N-dealkylation sites (N-methyl/N-ethyl adjacent to an activating group) is 1. The molecule has 1 heterocycles. The van der Waals surface area contributed by atoms with Crippen molar-refractivity contribution in [3.05, 3.63) is 0 Å². The van der Waals surface area contributed by atoms with Crippen LogP contribution >= 0.6 is 0 Å². The second-order valence-electron chi connectivity index (χ2n) is 7.03. The van der Waals surface area contributed by atoms with Crippen LogP contribution in [0.4, 0.5) is 0 Å². The summed E-state index contributed by atoms with van der Waals surface area (Å²) in [6, 6.07) is 0.321. The number of carbonyl (C=O) groups is 2. The number of carbonyl (C=O) groups excluding carboxylic acids is 2. The second-order valence-corrected chi connectivity index (χ2v) is 7.03. The number of nitrogens with one attached hydrogen (secondary N) is 4. The van der Waals surface area contributed by atoms with Crippen LogP contribution in [0.1, 0.15) is 33.6 Å². The Morgan fingerprint density at radius 2 is 1.80 bits per heavy atom. The Bertz CT molecular complexity index is 470. The van der Waals surface area contributed by atoms with E-state index < -0.39 is 5.41 Å². The van der Waals surface area contributed by atoms with Crippen LogP contribution in [0.3, 0.4) is 0 Å². The average Bonchev–Trinajstić information content (AvgIpc) is 2.60. The number of hydrogen-bond donors (Lipinski definition) is 4. The molecule has 0 spiro atoms. The molecule has 0 aliphatic carbocycles. The highest BCUT2D eigenvalue weighted by atomic mass is 16.2. The zero-order valence-electron chi connectivity index (χ0n) is 16.2. The summed E-state index contributed by atoms with van der Waals surface area (Å²) in [5.74, 6) is 0.775. The van der Waals surface area contributed by atoms with Crippen LogP contribution in [0.15, 0.2) is 4.99 Å². The fourth-order valence-electron chi connectivity index (χ4n) is 2.72. The van der Waals surface area contributed by atoms with Gasteiger partial charge in [-0.1, -0.05) is 0 Å². The van der Waals surface area contributed by atoms with Crippen molar-refractivity contribution >= 4 is 17.8 Å². The van der Waals surface area contributed by atoms with E-state index in [0.29, 0.717) is 19.1 Å². The van der Waals surface area contributed by atoms with Crippen molar-refractivity contribution in [1.29, 1.82) is 0 Å². The minimum atomic E-state index is -0.548. The Kier molecular flexibility index (Phi) is 8.68. The van der Waals surface area contributed by atoms with Gasteiger partial charge in [-0.05, 0) is 33.6 Å².